The van der Waals surface area contributed by atoms with Gasteiger partial charge in [-0.05, 0) is 6.92 Å². The van der Waals surface area contributed by atoms with Crippen LogP contribution in [0.4, 0.5) is 0 Å². The minimum atomic E-state index is -0.153. The second-order valence-corrected chi connectivity index (χ2v) is 3.64. The number of hydrogen-bond acceptors (Lipinski definition) is 3. The molecule has 1 aromatic heterocycles. The maximum atomic E-state index is 11.2. The van der Waals surface area contributed by atoms with E-state index in [-0.39, 0.29) is 5.91 Å². The molecule has 0 aliphatic carbocycles. The zero-order valence-electron chi connectivity index (χ0n) is 6.63. The Morgan fingerprint density at radius 2 is 2.58 bits per heavy atom. The Balaban J connectivity index is 2.53. The van der Waals surface area contributed by atoms with Gasteiger partial charge in [-0.1, -0.05) is 0 Å². The van der Waals surface area contributed by atoms with Gasteiger partial charge in [0.05, 0.1) is 5.01 Å². The van der Waals surface area contributed by atoms with Crippen LogP contribution in [0.15, 0.2) is 5.38 Å². The molecule has 0 atom stereocenters. The molecule has 0 aliphatic rings. The van der Waals surface area contributed by atoms with Crippen molar-refractivity contribution in [1.29, 1.82) is 0 Å². The molecule has 5 heteroatoms. The van der Waals surface area contributed by atoms with Gasteiger partial charge in [0.25, 0.3) is 5.91 Å². The number of aryl methyl sites for hydroxylation is 1. The first-order valence-electron chi connectivity index (χ1n) is 3.50. The highest BCUT2D eigenvalue weighted by Gasteiger charge is 2.07. The van der Waals surface area contributed by atoms with Crippen LogP contribution in [0, 0.1) is 6.92 Å². The number of hydrogen-bond donors (Lipinski definition) is 1. The summed E-state index contributed by atoms with van der Waals surface area (Å²) in [6.07, 6.45) is 0. The highest BCUT2D eigenvalue weighted by Crippen LogP contribution is 2.07. The van der Waals surface area contributed by atoms with Gasteiger partial charge in [-0.25, -0.2) is 4.98 Å². The number of halogens is 1. The summed E-state index contributed by atoms with van der Waals surface area (Å²) in [7, 11) is 0. The zero-order valence-corrected chi connectivity index (χ0v) is 8.21. The lowest BCUT2D eigenvalue weighted by Gasteiger charge is -1.97. The summed E-state index contributed by atoms with van der Waals surface area (Å²) in [6, 6.07) is 0. The Kier molecular flexibility index (Phi) is 3.49. The third-order valence-corrected chi connectivity index (χ3v) is 2.19. The highest BCUT2D eigenvalue weighted by atomic mass is 35.5. The van der Waals surface area contributed by atoms with E-state index in [2.05, 4.69) is 10.3 Å². The lowest BCUT2D eigenvalue weighted by molar-refractivity contribution is 0.0951. The van der Waals surface area contributed by atoms with E-state index < -0.39 is 0 Å². The fourth-order valence-electron chi connectivity index (χ4n) is 0.719. The molecule has 1 heterocycles. The van der Waals surface area contributed by atoms with Crippen LogP contribution < -0.4 is 5.32 Å². The van der Waals surface area contributed by atoms with Crippen molar-refractivity contribution in [2.45, 2.75) is 6.92 Å². The fraction of sp³-hybridized carbons (Fsp3) is 0.429. The van der Waals surface area contributed by atoms with Crippen molar-refractivity contribution in [2.24, 2.45) is 0 Å². The lowest BCUT2D eigenvalue weighted by atomic mass is 10.4. The van der Waals surface area contributed by atoms with Gasteiger partial charge >= 0.3 is 0 Å². The van der Waals surface area contributed by atoms with Crippen LogP contribution >= 0.6 is 22.9 Å². The van der Waals surface area contributed by atoms with E-state index >= 15 is 0 Å². The summed E-state index contributed by atoms with van der Waals surface area (Å²) in [5.74, 6) is 0.273. The average Bonchev–Trinajstić information content (AvgIpc) is 2.47. The fourth-order valence-corrected chi connectivity index (χ4v) is 1.41. The van der Waals surface area contributed by atoms with Crippen molar-refractivity contribution >= 4 is 28.8 Å². The minimum absolute atomic E-state index is 0.153. The number of carbonyl (C=O) groups is 1. The SMILES string of the molecule is Cc1nc(C(=O)NCCCl)cs1. The molecule has 66 valence electrons. The summed E-state index contributed by atoms with van der Waals surface area (Å²) in [5.41, 5.74) is 0.475. The number of nitrogens with zero attached hydrogens (tertiary/aromatic N) is 1. The van der Waals surface area contributed by atoms with E-state index in [1.165, 1.54) is 11.3 Å². The predicted molar refractivity (Wildman–Crippen MR) is 49.9 cm³/mol. The van der Waals surface area contributed by atoms with Crippen LogP contribution in [-0.2, 0) is 0 Å². The Hall–Kier alpha value is -0.610. The quantitative estimate of drug-likeness (QED) is 0.757. The van der Waals surface area contributed by atoms with Crippen molar-refractivity contribution in [2.75, 3.05) is 12.4 Å². The Bertz CT molecular complexity index is 274. The van der Waals surface area contributed by atoms with Crippen molar-refractivity contribution in [3.8, 4) is 0 Å². The molecule has 0 spiro atoms. The topological polar surface area (TPSA) is 42.0 Å². The van der Waals surface area contributed by atoms with E-state index in [0.29, 0.717) is 18.1 Å². The Morgan fingerprint density at radius 3 is 3.08 bits per heavy atom. The van der Waals surface area contributed by atoms with E-state index in [1.807, 2.05) is 6.92 Å². The third-order valence-electron chi connectivity index (χ3n) is 1.23. The molecule has 0 saturated heterocycles. The molecule has 0 fully saturated rings. The zero-order chi connectivity index (χ0) is 8.97. The Morgan fingerprint density at radius 1 is 1.83 bits per heavy atom. The molecule has 0 bridgehead atoms. The normalized spacial score (nSPS) is 9.83. The van der Waals surface area contributed by atoms with Gasteiger partial charge in [0.15, 0.2) is 0 Å². The highest BCUT2D eigenvalue weighted by molar-refractivity contribution is 7.09. The molecule has 0 radical (unpaired) electrons. The number of amides is 1. The van der Waals surface area contributed by atoms with E-state index in [0.717, 1.165) is 5.01 Å². The van der Waals surface area contributed by atoms with Crippen molar-refractivity contribution in [3.05, 3.63) is 16.1 Å². The molecular weight excluding hydrogens is 196 g/mol. The summed E-state index contributed by atoms with van der Waals surface area (Å²) >= 11 is 6.87. The molecule has 1 amide bonds. The summed E-state index contributed by atoms with van der Waals surface area (Å²) < 4.78 is 0. The molecule has 12 heavy (non-hydrogen) atoms. The van der Waals surface area contributed by atoms with Gasteiger partial charge in [-0.15, -0.1) is 22.9 Å². The maximum absolute atomic E-state index is 11.2. The van der Waals surface area contributed by atoms with E-state index in [4.69, 9.17) is 11.6 Å². The number of alkyl halides is 1. The van der Waals surface area contributed by atoms with Gasteiger partial charge in [0.2, 0.25) is 0 Å². The smallest absolute Gasteiger partial charge is 0.270 e. The van der Waals surface area contributed by atoms with E-state index in [9.17, 15) is 4.79 Å². The molecular formula is C7H9ClN2OS. The monoisotopic (exact) mass is 204 g/mol. The second kappa shape index (κ2) is 4.42. The molecule has 0 saturated carbocycles. The van der Waals surface area contributed by atoms with Crippen LogP contribution in [0.1, 0.15) is 15.5 Å². The maximum Gasteiger partial charge on any atom is 0.270 e. The summed E-state index contributed by atoms with van der Waals surface area (Å²) in [5, 5.41) is 5.26. The van der Waals surface area contributed by atoms with Crippen LogP contribution in [-0.4, -0.2) is 23.3 Å². The van der Waals surface area contributed by atoms with Gasteiger partial charge < -0.3 is 5.32 Å². The van der Waals surface area contributed by atoms with Gasteiger partial charge in [0, 0.05) is 17.8 Å². The van der Waals surface area contributed by atoms with Crippen LogP contribution in [0.25, 0.3) is 0 Å². The first kappa shape index (κ1) is 9.48. The molecule has 3 nitrogen and oxygen atoms in total. The molecule has 1 aromatic rings. The first-order valence-corrected chi connectivity index (χ1v) is 4.91. The summed E-state index contributed by atoms with van der Waals surface area (Å²) in [4.78, 5) is 15.2. The van der Waals surface area contributed by atoms with Gasteiger partial charge in [-0.3, -0.25) is 4.79 Å². The largest absolute Gasteiger partial charge is 0.349 e. The number of carbonyl (C=O) groups excluding carboxylic acids is 1. The molecule has 1 N–H and O–H groups in total. The number of thiazole rings is 1. The number of aromatic nitrogens is 1. The third kappa shape index (κ3) is 2.46. The molecule has 0 aromatic carbocycles. The van der Waals surface area contributed by atoms with Crippen molar-refractivity contribution < 1.29 is 4.79 Å². The van der Waals surface area contributed by atoms with Crippen LogP contribution in [0.5, 0.6) is 0 Å². The van der Waals surface area contributed by atoms with Crippen LogP contribution in [0.3, 0.4) is 0 Å². The van der Waals surface area contributed by atoms with Gasteiger partial charge in [-0.2, -0.15) is 0 Å². The minimum Gasteiger partial charge on any atom is -0.349 e. The predicted octanol–water partition coefficient (Wildman–Crippen LogP) is 1.42. The van der Waals surface area contributed by atoms with Crippen molar-refractivity contribution in [1.82, 2.24) is 10.3 Å². The average molecular weight is 205 g/mol. The summed E-state index contributed by atoms with van der Waals surface area (Å²) in [6.45, 7) is 2.35. The molecule has 0 aliphatic heterocycles. The van der Waals surface area contributed by atoms with Gasteiger partial charge in [0.1, 0.15) is 5.69 Å². The van der Waals surface area contributed by atoms with E-state index in [1.54, 1.807) is 5.38 Å². The first-order chi connectivity index (χ1) is 5.74. The molecule has 0 unspecified atom stereocenters. The number of rotatable bonds is 3. The second-order valence-electron chi connectivity index (χ2n) is 2.20. The lowest BCUT2D eigenvalue weighted by Crippen LogP contribution is -2.25. The Labute approximate surface area is 79.8 Å². The molecule has 1 rings (SSSR count). The van der Waals surface area contributed by atoms with Crippen molar-refractivity contribution in [3.63, 3.8) is 0 Å². The number of nitrogens with one attached hydrogen (secondary N) is 1. The standard InChI is InChI=1S/C7H9ClN2OS/c1-5-10-6(4-12-5)7(11)9-3-2-8/h4H,2-3H2,1H3,(H,9,11). The van der Waals surface area contributed by atoms with Crippen LogP contribution in [0.2, 0.25) is 0 Å².